The van der Waals surface area contributed by atoms with Crippen molar-refractivity contribution < 1.29 is 18.0 Å². The van der Waals surface area contributed by atoms with Gasteiger partial charge in [-0.25, -0.2) is 0 Å². The predicted molar refractivity (Wildman–Crippen MR) is 48.4 cm³/mol. The first-order chi connectivity index (χ1) is 6.98. The lowest BCUT2D eigenvalue weighted by molar-refractivity contribution is -0.202. The average molecular weight is 221 g/mol. The minimum Gasteiger partial charge on any atom is -0.300 e. The van der Waals surface area contributed by atoms with E-state index in [1.165, 1.54) is 0 Å². The molecule has 0 N–H and O–H groups in total. The molecule has 1 saturated carbocycles. The zero-order valence-electron chi connectivity index (χ0n) is 8.39. The Morgan fingerprint density at radius 2 is 1.93 bits per heavy atom. The van der Waals surface area contributed by atoms with E-state index in [-0.39, 0.29) is 25.0 Å². The van der Waals surface area contributed by atoms with Gasteiger partial charge in [0.2, 0.25) is 0 Å². The number of Topliss-reactive ketones (excluding diaryl/α,β-unsaturated/α-hetero) is 1. The van der Waals surface area contributed by atoms with E-state index in [0.29, 0.717) is 13.1 Å². The van der Waals surface area contributed by atoms with Crippen LogP contribution in [0, 0.1) is 5.92 Å². The number of hydrogen-bond acceptors (Lipinski definition) is 2. The lowest BCUT2D eigenvalue weighted by Gasteiger charge is -2.44. The van der Waals surface area contributed by atoms with Crippen molar-refractivity contribution in [2.24, 2.45) is 5.92 Å². The first-order valence-electron chi connectivity index (χ1n) is 5.31. The topological polar surface area (TPSA) is 20.3 Å². The van der Waals surface area contributed by atoms with Gasteiger partial charge >= 0.3 is 6.18 Å². The third-order valence-corrected chi connectivity index (χ3v) is 3.42. The highest BCUT2D eigenvalue weighted by Crippen LogP contribution is 2.40. The maximum atomic E-state index is 12.7. The number of ketones is 1. The fourth-order valence-corrected chi connectivity index (χ4v) is 2.42. The molecule has 86 valence electrons. The summed E-state index contributed by atoms with van der Waals surface area (Å²) in [5.74, 6) is -1.32. The van der Waals surface area contributed by atoms with Crippen molar-refractivity contribution >= 4 is 5.78 Å². The van der Waals surface area contributed by atoms with Crippen molar-refractivity contribution in [2.45, 2.75) is 37.9 Å². The summed E-state index contributed by atoms with van der Waals surface area (Å²) in [4.78, 5) is 13.0. The SMILES string of the molecule is O=C1CCC(C(F)(F)F)C(N2CCC2)C1. The Hall–Kier alpha value is -0.580. The fourth-order valence-electron chi connectivity index (χ4n) is 2.42. The third kappa shape index (κ3) is 2.17. The standard InChI is InChI=1S/C10H14F3NO/c11-10(12,13)8-3-2-7(15)6-9(8)14-4-1-5-14/h8-9H,1-6H2. The van der Waals surface area contributed by atoms with Gasteiger partial charge in [0.1, 0.15) is 5.78 Å². The van der Waals surface area contributed by atoms with E-state index in [1.807, 2.05) is 0 Å². The lowest BCUT2D eigenvalue weighted by atomic mass is 9.81. The maximum absolute atomic E-state index is 12.7. The molecule has 5 heteroatoms. The van der Waals surface area contributed by atoms with Gasteiger partial charge in [0.25, 0.3) is 0 Å². The lowest BCUT2D eigenvalue weighted by Crippen LogP contribution is -2.54. The van der Waals surface area contributed by atoms with Crippen LogP contribution in [0.4, 0.5) is 13.2 Å². The smallest absolute Gasteiger partial charge is 0.300 e. The van der Waals surface area contributed by atoms with E-state index in [2.05, 4.69) is 0 Å². The molecule has 0 aromatic heterocycles. The molecule has 1 aliphatic heterocycles. The molecule has 0 aromatic carbocycles. The Morgan fingerprint density at radius 1 is 1.27 bits per heavy atom. The number of halogens is 3. The van der Waals surface area contributed by atoms with Crippen molar-refractivity contribution in [3.63, 3.8) is 0 Å². The molecule has 1 heterocycles. The van der Waals surface area contributed by atoms with Crippen LogP contribution in [0.2, 0.25) is 0 Å². The Balaban J connectivity index is 2.09. The van der Waals surface area contributed by atoms with Gasteiger partial charge in [-0.05, 0) is 25.9 Å². The molecule has 0 spiro atoms. The minimum atomic E-state index is -4.15. The first-order valence-corrected chi connectivity index (χ1v) is 5.31. The van der Waals surface area contributed by atoms with E-state index in [1.54, 1.807) is 4.90 Å². The van der Waals surface area contributed by atoms with Crippen LogP contribution >= 0.6 is 0 Å². The Bertz CT molecular complexity index is 260. The van der Waals surface area contributed by atoms with Gasteiger partial charge in [-0.3, -0.25) is 9.69 Å². The van der Waals surface area contributed by atoms with Crippen LogP contribution in [0.3, 0.4) is 0 Å². The van der Waals surface area contributed by atoms with Crippen molar-refractivity contribution in [2.75, 3.05) is 13.1 Å². The number of likely N-dealkylation sites (tertiary alicyclic amines) is 1. The molecule has 0 aromatic rings. The van der Waals surface area contributed by atoms with Crippen LogP contribution in [0.1, 0.15) is 25.7 Å². The number of rotatable bonds is 1. The van der Waals surface area contributed by atoms with Crippen molar-refractivity contribution in [3.05, 3.63) is 0 Å². The fraction of sp³-hybridized carbons (Fsp3) is 0.900. The van der Waals surface area contributed by atoms with Crippen molar-refractivity contribution in [1.29, 1.82) is 0 Å². The molecule has 0 amide bonds. The first kappa shape index (κ1) is 10.9. The van der Waals surface area contributed by atoms with Crippen LogP contribution < -0.4 is 0 Å². The normalized spacial score (nSPS) is 33.9. The van der Waals surface area contributed by atoms with Gasteiger partial charge in [0.05, 0.1) is 5.92 Å². The van der Waals surface area contributed by atoms with E-state index in [0.717, 1.165) is 6.42 Å². The second kappa shape index (κ2) is 3.77. The van der Waals surface area contributed by atoms with Crippen molar-refractivity contribution in [1.82, 2.24) is 4.90 Å². The summed E-state index contributed by atoms with van der Waals surface area (Å²) >= 11 is 0. The number of hydrogen-bond donors (Lipinski definition) is 0. The second-order valence-corrected chi connectivity index (χ2v) is 4.39. The molecule has 1 aliphatic carbocycles. The van der Waals surface area contributed by atoms with E-state index >= 15 is 0 Å². The molecule has 1 saturated heterocycles. The maximum Gasteiger partial charge on any atom is 0.393 e. The van der Waals surface area contributed by atoms with Gasteiger partial charge in [-0.2, -0.15) is 13.2 Å². The van der Waals surface area contributed by atoms with Gasteiger partial charge < -0.3 is 0 Å². The summed E-state index contributed by atoms with van der Waals surface area (Å²) in [6.45, 7) is 1.43. The number of nitrogens with zero attached hydrogens (tertiary/aromatic N) is 1. The molecule has 2 fully saturated rings. The van der Waals surface area contributed by atoms with Gasteiger partial charge in [0, 0.05) is 18.9 Å². The summed E-state index contributed by atoms with van der Waals surface area (Å²) in [7, 11) is 0. The summed E-state index contributed by atoms with van der Waals surface area (Å²) in [6, 6.07) is -0.583. The summed E-state index contributed by atoms with van der Waals surface area (Å²) < 4.78 is 38.1. The zero-order chi connectivity index (χ0) is 11.1. The summed E-state index contributed by atoms with van der Waals surface area (Å²) in [5.41, 5.74) is 0. The number of carbonyl (C=O) groups excluding carboxylic acids is 1. The zero-order valence-corrected chi connectivity index (χ0v) is 8.39. The second-order valence-electron chi connectivity index (χ2n) is 4.39. The van der Waals surface area contributed by atoms with Crippen LogP contribution in [0.15, 0.2) is 0 Å². The molecule has 2 nitrogen and oxygen atoms in total. The quantitative estimate of drug-likeness (QED) is 0.675. The van der Waals surface area contributed by atoms with Crippen molar-refractivity contribution in [3.8, 4) is 0 Å². The monoisotopic (exact) mass is 221 g/mol. The van der Waals surface area contributed by atoms with E-state index in [9.17, 15) is 18.0 Å². The molecule has 0 radical (unpaired) electrons. The van der Waals surface area contributed by atoms with Crippen LogP contribution in [0.5, 0.6) is 0 Å². The average Bonchev–Trinajstić information content (AvgIpc) is 1.98. The Kier molecular flexibility index (Phi) is 2.75. The molecule has 0 bridgehead atoms. The molecule has 2 unspecified atom stereocenters. The Morgan fingerprint density at radius 3 is 2.40 bits per heavy atom. The molecule has 2 rings (SSSR count). The highest BCUT2D eigenvalue weighted by Gasteiger charge is 2.49. The molecular formula is C10H14F3NO. The number of alkyl halides is 3. The van der Waals surface area contributed by atoms with E-state index < -0.39 is 18.1 Å². The predicted octanol–water partition coefficient (Wildman–Crippen LogP) is 1.99. The number of carbonyl (C=O) groups is 1. The molecule has 15 heavy (non-hydrogen) atoms. The van der Waals surface area contributed by atoms with Gasteiger partial charge in [0.15, 0.2) is 0 Å². The van der Waals surface area contributed by atoms with E-state index in [4.69, 9.17) is 0 Å². The summed E-state index contributed by atoms with van der Waals surface area (Å²) in [5, 5.41) is 0. The third-order valence-electron chi connectivity index (χ3n) is 3.42. The van der Waals surface area contributed by atoms with Crippen LogP contribution in [-0.4, -0.2) is 36.0 Å². The highest BCUT2D eigenvalue weighted by molar-refractivity contribution is 5.80. The minimum absolute atomic E-state index is 0.0209. The van der Waals surface area contributed by atoms with Crippen LogP contribution in [0.25, 0.3) is 0 Å². The largest absolute Gasteiger partial charge is 0.393 e. The Labute approximate surface area is 86.4 Å². The molecular weight excluding hydrogens is 207 g/mol. The molecule has 2 aliphatic rings. The van der Waals surface area contributed by atoms with Gasteiger partial charge in [-0.15, -0.1) is 0 Å². The molecule has 2 atom stereocenters. The van der Waals surface area contributed by atoms with Gasteiger partial charge in [-0.1, -0.05) is 0 Å². The highest BCUT2D eigenvalue weighted by atomic mass is 19.4. The van der Waals surface area contributed by atoms with Crippen LogP contribution in [-0.2, 0) is 4.79 Å². The summed E-state index contributed by atoms with van der Waals surface area (Å²) in [6.07, 6.45) is -3.04.